The Morgan fingerprint density at radius 3 is 2.77 bits per heavy atom. The van der Waals surface area contributed by atoms with E-state index in [1.165, 1.54) is 12.8 Å². The van der Waals surface area contributed by atoms with E-state index in [-0.39, 0.29) is 6.71 Å². The van der Waals surface area contributed by atoms with Gasteiger partial charge in [-0.25, -0.2) is 9.97 Å². The summed E-state index contributed by atoms with van der Waals surface area (Å²) < 4.78 is 0.915. The molecule has 1 saturated carbocycles. The number of fused-ring (bicyclic) bond motifs is 1. The summed E-state index contributed by atoms with van der Waals surface area (Å²) in [6, 6.07) is 0.361. The Hall–Kier alpha value is -0.710. The van der Waals surface area contributed by atoms with E-state index in [1.807, 2.05) is 19.1 Å². The van der Waals surface area contributed by atoms with Crippen LogP contribution in [0.25, 0.3) is 11.6 Å². The minimum absolute atomic E-state index is 0. The van der Waals surface area contributed by atoms with Gasteiger partial charge >= 0.3 is 0 Å². The molecular formula is C16H18BrCl2N3. The first-order valence-electron chi connectivity index (χ1n) is 7.40. The molecule has 0 radical (unpaired) electrons. The van der Waals surface area contributed by atoms with Crippen LogP contribution in [0.5, 0.6) is 0 Å². The van der Waals surface area contributed by atoms with Crippen molar-refractivity contribution in [3.8, 4) is 0 Å². The standard InChI is InChI=1S/C16H16BrCl2N3.H2/c1-3-9-13-12(21-16(19)22-15(13)18)7-10(17)14(9)20-11(4-2)8-5-6-8;/h3,7-8,11H,4-6H2,1-2H3;1H/b9-3-,20-14?;. The molecule has 3 rings (SSSR count). The molecule has 0 spiro atoms. The second-order valence-electron chi connectivity index (χ2n) is 5.53. The minimum atomic E-state index is 0. The molecule has 2 aliphatic carbocycles. The van der Waals surface area contributed by atoms with Crippen LogP contribution in [0.1, 0.15) is 45.8 Å². The lowest BCUT2D eigenvalue weighted by molar-refractivity contribution is 0.581. The molecule has 1 aromatic heterocycles. The summed E-state index contributed by atoms with van der Waals surface area (Å²) in [6.07, 6.45) is 7.52. The maximum Gasteiger partial charge on any atom is 0.224 e. The van der Waals surface area contributed by atoms with Gasteiger partial charge in [0.1, 0.15) is 5.15 Å². The summed E-state index contributed by atoms with van der Waals surface area (Å²) in [5, 5.41) is 0.520. The zero-order chi connectivity index (χ0) is 15.9. The predicted molar refractivity (Wildman–Crippen MR) is 99.0 cm³/mol. The number of nitrogens with zero attached hydrogens (tertiary/aromatic N) is 3. The fourth-order valence-electron chi connectivity index (χ4n) is 2.80. The molecular weight excluding hydrogens is 385 g/mol. The van der Waals surface area contributed by atoms with E-state index in [0.29, 0.717) is 17.1 Å². The summed E-state index contributed by atoms with van der Waals surface area (Å²) in [5.74, 6) is 0.717. The van der Waals surface area contributed by atoms with Crippen molar-refractivity contribution in [2.75, 3.05) is 0 Å². The maximum absolute atomic E-state index is 6.30. The highest BCUT2D eigenvalue weighted by Gasteiger charge is 2.32. The van der Waals surface area contributed by atoms with E-state index >= 15 is 0 Å². The van der Waals surface area contributed by atoms with Gasteiger partial charge in [0.05, 0.1) is 17.4 Å². The smallest absolute Gasteiger partial charge is 0.224 e. The highest BCUT2D eigenvalue weighted by atomic mass is 79.9. The Morgan fingerprint density at radius 2 is 2.18 bits per heavy atom. The third-order valence-electron chi connectivity index (χ3n) is 4.05. The number of aromatic nitrogens is 2. The zero-order valence-electron chi connectivity index (χ0n) is 12.4. The van der Waals surface area contributed by atoms with E-state index in [4.69, 9.17) is 28.2 Å². The van der Waals surface area contributed by atoms with Crippen LogP contribution in [0.2, 0.25) is 10.4 Å². The van der Waals surface area contributed by atoms with Crippen LogP contribution in [0.3, 0.4) is 0 Å². The third kappa shape index (κ3) is 3.01. The third-order valence-corrected chi connectivity index (χ3v) is 5.09. The van der Waals surface area contributed by atoms with Crippen molar-refractivity contribution in [2.45, 2.75) is 39.2 Å². The van der Waals surface area contributed by atoms with Crippen LogP contribution in [0.4, 0.5) is 0 Å². The Labute approximate surface area is 150 Å². The lowest BCUT2D eigenvalue weighted by Gasteiger charge is -2.21. The number of allylic oxidation sites excluding steroid dienone is 3. The number of hydrogen-bond acceptors (Lipinski definition) is 3. The first kappa shape index (κ1) is 16.2. The molecule has 0 aromatic carbocycles. The van der Waals surface area contributed by atoms with E-state index < -0.39 is 0 Å². The molecule has 1 heterocycles. The Kier molecular flexibility index (Phi) is 4.72. The zero-order valence-corrected chi connectivity index (χ0v) is 15.5. The van der Waals surface area contributed by atoms with Crippen molar-refractivity contribution in [3.63, 3.8) is 0 Å². The topological polar surface area (TPSA) is 38.1 Å². The summed E-state index contributed by atoms with van der Waals surface area (Å²) in [4.78, 5) is 13.3. The van der Waals surface area contributed by atoms with Crippen molar-refractivity contribution in [2.24, 2.45) is 10.9 Å². The van der Waals surface area contributed by atoms with E-state index in [1.54, 1.807) is 0 Å². The van der Waals surface area contributed by atoms with Crippen LogP contribution in [0, 0.1) is 5.92 Å². The second-order valence-corrected chi connectivity index (χ2v) is 7.08. The molecule has 0 saturated heterocycles. The minimum Gasteiger partial charge on any atom is -0.280 e. The molecule has 0 amide bonds. The van der Waals surface area contributed by atoms with Gasteiger partial charge in [-0.2, -0.15) is 0 Å². The molecule has 2 aliphatic rings. The van der Waals surface area contributed by atoms with Gasteiger partial charge in [0.25, 0.3) is 0 Å². The maximum atomic E-state index is 6.30. The van der Waals surface area contributed by atoms with Crippen LogP contribution in [-0.4, -0.2) is 21.7 Å². The fourth-order valence-corrected chi connectivity index (χ4v) is 3.83. The molecule has 1 unspecified atom stereocenters. The van der Waals surface area contributed by atoms with Gasteiger partial charge in [-0.05, 0) is 65.7 Å². The second kappa shape index (κ2) is 6.42. The van der Waals surface area contributed by atoms with Crippen LogP contribution >= 0.6 is 39.1 Å². The monoisotopic (exact) mass is 401 g/mol. The van der Waals surface area contributed by atoms with Crippen LogP contribution in [-0.2, 0) is 0 Å². The van der Waals surface area contributed by atoms with Crippen molar-refractivity contribution in [3.05, 3.63) is 32.3 Å². The lowest BCUT2D eigenvalue weighted by atomic mass is 9.94. The van der Waals surface area contributed by atoms with E-state index in [0.717, 1.165) is 33.4 Å². The van der Waals surface area contributed by atoms with Crippen LogP contribution < -0.4 is 0 Å². The lowest BCUT2D eigenvalue weighted by Crippen LogP contribution is -2.16. The average molecular weight is 403 g/mol. The summed E-state index contributed by atoms with van der Waals surface area (Å²) in [7, 11) is 0. The molecule has 3 nitrogen and oxygen atoms in total. The number of hydrogen-bond donors (Lipinski definition) is 0. The Balaban J connectivity index is 0.00000192. The highest BCUT2D eigenvalue weighted by Crippen LogP contribution is 2.40. The predicted octanol–water partition coefficient (Wildman–Crippen LogP) is 5.81. The summed E-state index contributed by atoms with van der Waals surface area (Å²) in [6.45, 7) is 4.16. The largest absolute Gasteiger partial charge is 0.280 e. The molecule has 0 bridgehead atoms. The Bertz CT molecular complexity index is 712. The van der Waals surface area contributed by atoms with Gasteiger partial charge in [0.15, 0.2) is 0 Å². The fraction of sp³-hybridized carbons (Fsp3) is 0.438. The first-order valence-corrected chi connectivity index (χ1v) is 8.95. The molecule has 1 fully saturated rings. The molecule has 1 atom stereocenters. The Morgan fingerprint density at radius 1 is 1.45 bits per heavy atom. The SMILES string of the molecule is C/C=C1\C(=NC(CC)C2CC2)C(Br)=Cc2nc(Cl)nc(Cl)c21.[HH]. The van der Waals surface area contributed by atoms with E-state index in [2.05, 4.69) is 32.8 Å². The quantitative estimate of drug-likeness (QED) is 0.472. The van der Waals surface area contributed by atoms with Gasteiger partial charge in [-0.1, -0.05) is 24.6 Å². The average Bonchev–Trinajstić information content (AvgIpc) is 3.29. The molecule has 1 aromatic rings. The van der Waals surface area contributed by atoms with E-state index in [9.17, 15) is 0 Å². The first-order chi connectivity index (χ1) is 10.5. The molecule has 0 aliphatic heterocycles. The van der Waals surface area contributed by atoms with Gasteiger partial charge in [0, 0.05) is 17.0 Å². The van der Waals surface area contributed by atoms with Crippen molar-refractivity contribution in [1.29, 1.82) is 0 Å². The summed E-state index contributed by atoms with van der Waals surface area (Å²) in [5.41, 5.74) is 3.43. The highest BCUT2D eigenvalue weighted by molar-refractivity contribution is 9.12. The van der Waals surface area contributed by atoms with Gasteiger partial charge in [0.2, 0.25) is 5.28 Å². The number of halogens is 3. The summed E-state index contributed by atoms with van der Waals surface area (Å²) >= 11 is 15.8. The molecule has 22 heavy (non-hydrogen) atoms. The van der Waals surface area contributed by atoms with Crippen LogP contribution in [0.15, 0.2) is 15.6 Å². The van der Waals surface area contributed by atoms with Gasteiger partial charge < -0.3 is 0 Å². The van der Waals surface area contributed by atoms with Crippen molar-refractivity contribution < 1.29 is 1.43 Å². The number of aliphatic imine (C=N–C) groups is 1. The van der Waals surface area contributed by atoms with Crippen molar-refractivity contribution in [1.82, 2.24) is 9.97 Å². The number of rotatable bonds is 3. The molecule has 6 heteroatoms. The van der Waals surface area contributed by atoms with Gasteiger partial charge in [-0.15, -0.1) is 0 Å². The van der Waals surface area contributed by atoms with Crippen molar-refractivity contribution >= 4 is 56.5 Å². The molecule has 0 N–H and O–H groups in total. The van der Waals surface area contributed by atoms with Gasteiger partial charge in [-0.3, -0.25) is 4.99 Å². The normalized spacial score (nSPS) is 22.7. The molecule has 118 valence electrons.